The Morgan fingerprint density at radius 1 is 0.960 bits per heavy atom. The van der Waals surface area contributed by atoms with Gasteiger partial charge in [0.1, 0.15) is 5.69 Å². The van der Waals surface area contributed by atoms with E-state index in [0.29, 0.717) is 23.1 Å². The maximum absolute atomic E-state index is 9.17. The minimum absolute atomic E-state index is 0.391. The Balaban J connectivity index is 2.26. The van der Waals surface area contributed by atoms with E-state index in [-0.39, 0.29) is 0 Å². The summed E-state index contributed by atoms with van der Waals surface area (Å²) in [7, 11) is 0. The van der Waals surface area contributed by atoms with E-state index in [0.717, 1.165) is 5.82 Å². The highest BCUT2D eigenvalue weighted by atomic mass is 15.1. The van der Waals surface area contributed by atoms with Crippen LogP contribution in [0.1, 0.15) is 56.2 Å². The summed E-state index contributed by atoms with van der Waals surface area (Å²) in [6.45, 7) is 8.81. The Labute approximate surface area is 148 Å². The second-order valence-electron chi connectivity index (χ2n) is 6.76. The molecule has 1 aromatic carbocycles. The third-order valence-corrected chi connectivity index (χ3v) is 4.34. The fourth-order valence-electron chi connectivity index (χ4n) is 3.09. The molecule has 0 bridgehead atoms. The van der Waals surface area contributed by atoms with E-state index in [1.54, 1.807) is 24.5 Å². The Morgan fingerprint density at radius 3 is 2.24 bits per heavy atom. The molecule has 0 spiro atoms. The van der Waals surface area contributed by atoms with E-state index < -0.39 is 0 Å². The standard InChI is InChI=1S/C21H22N4/c1-14(2)17-6-5-7-18(15(3)4)20(17)25-11-10-24-21(25)19-12-16(13-22)8-9-23-19/h5-12,14-15H,1-4H3. The SMILES string of the molecule is CC(C)c1cccc(C(C)C)c1-n1ccnc1-c1cc(C#N)ccn1. The minimum atomic E-state index is 0.391. The molecule has 126 valence electrons. The van der Waals surface area contributed by atoms with Gasteiger partial charge in [0.2, 0.25) is 0 Å². The van der Waals surface area contributed by atoms with E-state index in [4.69, 9.17) is 0 Å². The molecule has 0 aliphatic heterocycles. The molecule has 0 unspecified atom stereocenters. The van der Waals surface area contributed by atoms with Gasteiger partial charge >= 0.3 is 0 Å². The number of imidazole rings is 1. The van der Waals surface area contributed by atoms with Gasteiger partial charge in [0.05, 0.1) is 17.3 Å². The van der Waals surface area contributed by atoms with E-state index in [1.165, 1.54) is 16.8 Å². The zero-order chi connectivity index (χ0) is 18.0. The molecular formula is C21H22N4. The van der Waals surface area contributed by atoms with Gasteiger partial charge in [-0.05, 0) is 35.1 Å². The monoisotopic (exact) mass is 330 g/mol. The molecule has 0 fully saturated rings. The van der Waals surface area contributed by atoms with Crippen LogP contribution in [0, 0.1) is 11.3 Å². The van der Waals surface area contributed by atoms with Crippen molar-refractivity contribution in [3.05, 3.63) is 65.6 Å². The highest BCUT2D eigenvalue weighted by molar-refractivity contribution is 5.60. The van der Waals surface area contributed by atoms with Crippen LogP contribution in [0.15, 0.2) is 48.9 Å². The number of nitrogens with zero attached hydrogens (tertiary/aromatic N) is 4. The van der Waals surface area contributed by atoms with Gasteiger partial charge in [-0.25, -0.2) is 4.98 Å². The van der Waals surface area contributed by atoms with Gasteiger partial charge < -0.3 is 0 Å². The molecule has 0 amide bonds. The van der Waals surface area contributed by atoms with Crippen molar-refractivity contribution in [1.82, 2.24) is 14.5 Å². The van der Waals surface area contributed by atoms with Crippen LogP contribution >= 0.6 is 0 Å². The average molecular weight is 330 g/mol. The Hall–Kier alpha value is -2.93. The fourth-order valence-corrected chi connectivity index (χ4v) is 3.09. The van der Waals surface area contributed by atoms with E-state index >= 15 is 0 Å². The van der Waals surface area contributed by atoms with Crippen LogP contribution in [0.2, 0.25) is 0 Å². The maximum Gasteiger partial charge on any atom is 0.163 e. The minimum Gasteiger partial charge on any atom is -0.298 e. The molecule has 3 rings (SSSR count). The van der Waals surface area contributed by atoms with Crippen molar-refractivity contribution in [3.8, 4) is 23.3 Å². The fraction of sp³-hybridized carbons (Fsp3) is 0.286. The smallest absolute Gasteiger partial charge is 0.163 e. The van der Waals surface area contributed by atoms with Gasteiger partial charge in [0.25, 0.3) is 0 Å². The van der Waals surface area contributed by atoms with Crippen molar-refractivity contribution in [3.63, 3.8) is 0 Å². The van der Waals surface area contributed by atoms with Gasteiger partial charge in [-0.1, -0.05) is 45.9 Å². The number of aromatic nitrogens is 3. The molecular weight excluding hydrogens is 308 g/mol. The second-order valence-corrected chi connectivity index (χ2v) is 6.76. The summed E-state index contributed by atoms with van der Waals surface area (Å²) in [5.74, 6) is 1.54. The number of benzene rings is 1. The predicted octanol–water partition coefficient (Wildman–Crippen LogP) is 5.05. The molecule has 0 saturated heterocycles. The van der Waals surface area contributed by atoms with E-state index in [9.17, 15) is 5.26 Å². The van der Waals surface area contributed by atoms with Crippen molar-refractivity contribution in [2.75, 3.05) is 0 Å². The number of hydrogen-bond donors (Lipinski definition) is 0. The zero-order valence-electron chi connectivity index (χ0n) is 15.1. The molecule has 25 heavy (non-hydrogen) atoms. The van der Waals surface area contributed by atoms with Crippen LogP contribution in [-0.2, 0) is 0 Å². The third-order valence-electron chi connectivity index (χ3n) is 4.34. The van der Waals surface area contributed by atoms with E-state index in [2.05, 4.69) is 66.5 Å². The molecule has 0 N–H and O–H groups in total. The van der Waals surface area contributed by atoms with Crippen LogP contribution in [0.3, 0.4) is 0 Å². The van der Waals surface area contributed by atoms with Gasteiger partial charge in [-0.2, -0.15) is 5.26 Å². The first-order valence-electron chi connectivity index (χ1n) is 8.56. The van der Waals surface area contributed by atoms with Crippen molar-refractivity contribution in [2.24, 2.45) is 0 Å². The normalized spacial score (nSPS) is 11.1. The first-order chi connectivity index (χ1) is 12.0. The summed E-state index contributed by atoms with van der Waals surface area (Å²) in [5.41, 5.74) is 5.02. The maximum atomic E-state index is 9.17. The molecule has 0 aliphatic carbocycles. The molecule has 4 nitrogen and oxygen atoms in total. The Kier molecular flexibility index (Phi) is 4.67. The summed E-state index contributed by atoms with van der Waals surface area (Å²) in [6.07, 6.45) is 5.42. The van der Waals surface area contributed by atoms with Crippen molar-refractivity contribution in [2.45, 2.75) is 39.5 Å². The highest BCUT2D eigenvalue weighted by Gasteiger charge is 2.19. The lowest BCUT2D eigenvalue weighted by Gasteiger charge is -2.21. The molecule has 2 heterocycles. The largest absolute Gasteiger partial charge is 0.298 e. The third kappa shape index (κ3) is 3.18. The lowest BCUT2D eigenvalue weighted by atomic mass is 9.92. The first kappa shape index (κ1) is 16.9. The van der Waals surface area contributed by atoms with Crippen LogP contribution in [-0.4, -0.2) is 14.5 Å². The van der Waals surface area contributed by atoms with Gasteiger partial charge in [-0.15, -0.1) is 0 Å². The number of nitriles is 1. The van der Waals surface area contributed by atoms with Crippen LogP contribution in [0.5, 0.6) is 0 Å². The molecule has 2 aromatic heterocycles. The molecule has 0 atom stereocenters. The summed E-state index contributed by atoms with van der Waals surface area (Å²) in [4.78, 5) is 8.96. The second kappa shape index (κ2) is 6.90. The lowest BCUT2D eigenvalue weighted by Crippen LogP contribution is -2.08. The molecule has 0 aliphatic rings. The number of rotatable bonds is 4. The van der Waals surface area contributed by atoms with Gasteiger partial charge in [0.15, 0.2) is 5.82 Å². The molecule has 0 radical (unpaired) electrons. The van der Waals surface area contributed by atoms with E-state index in [1.807, 2.05) is 6.20 Å². The van der Waals surface area contributed by atoms with Crippen molar-refractivity contribution >= 4 is 0 Å². The number of para-hydroxylation sites is 1. The highest BCUT2D eigenvalue weighted by Crippen LogP contribution is 2.33. The number of hydrogen-bond acceptors (Lipinski definition) is 3. The molecule has 3 aromatic rings. The summed E-state index contributed by atoms with van der Waals surface area (Å²) in [6, 6.07) is 12.1. The van der Waals surface area contributed by atoms with Crippen molar-refractivity contribution < 1.29 is 0 Å². The molecule has 0 saturated carbocycles. The zero-order valence-corrected chi connectivity index (χ0v) is 15.1. The van der Waals surface area contributed by atoms with Crippen molar-refractivity contribution in [1.29, 1.82) is 5.26 Å². The summed E-state index contributed by atoms with van der Waals surface area (Å²) < 4.78 is 2.11. The summed E-state index contributed by atoms with van der Waals surface area (Å²) in [5, 5.41) is 9.17. The summed E-state index contributed by atoms with van der Waals surface area (Å²) >= 11 is 0. The topological polar surface area (TPSA) is 54.5 Å². The average Bonchev–Trinajstić information content (AvgIpc) is 3.10. The number of pyridine rings is 1. The predicted molar refractivity (Wildman–Crippen MR) is 99.7 cm³/mol. The quantitative estimate of drug-likeness (QED) is 0.672. The Morgan fingerprint density at radius 2 is 1.64 bits per heavy atom. The first-order valence-corrected chi connectivity index (χ1v) is 8.56. The van der Waals surface area contributed by atoms with Gasteiger partial charge in [-0.3, -0.25) is 9.55 Å². The van der Waals surface area contributed by atoms with Crippen LogP contribution < -0.4 is 0 Å². The van der Waals surface area contributed by atoms with Crippen LogP contribution in [0.4, 0.5) is 0 Å². The molecule has 4 heteroatoms. The lowest BCUT2D eigenvalue weighted by molar-refractivity contribution is 0.806. The Bertz CT molecular complexity index is 903. The van der Waals surface area contributed by atoms with Crippen LogP contribution in [0.25, 0.3) is 17.2 Å². The van der Waals surface area contributed by atoms with Gasteiger partial charge in [0, 0.05) is 18.6 Å².